The maximum atomic E-state index is 12.9. The van der Waals surface area contributed by atoms with Crippen molar-refractivity contribution in [2.45, 2.75) is 140 Å². The van der Waals surface area contributed by atoms with Gasteiger partial charge in [0.05, 0.1) is 6.61 Å². The second-order valence-electron chi connectivity index (χ2n) is 12.8. The van der Waals surface area contributed by atoms with E-state index in [-0.39, 0.29) is 25.4 Å². The van der Waals surface area contributed by atoms with Crippen molar-refractivity contribution >= 4 is 35.4 Å². The Morgan fingerprint density at radius 1 is 0.627 bits per heavy atom. The fourth-order valence-electron chi connectivity index (χ4n) is 5.34. The first-order valence-corrected chi connectivity index (χ1v) is 22.9. The van der Waals surface area contributed by atoms with E-state index in [1.807, 2.05) is 11.8 Å². The van der Waals surface area contributed by atoms with Gasteiger partial charge in [-0.05, 0) is 53.8 Å². The van der Waals surface area contributed by atoms with E-state index in [1.165, 1.54) is 44.9 Å². The summed E-state index contributed by atoms with van der Waals surface area (Å²) in [7, 11) is -16.7. The predicted octanol–water partition coefficient (Wildman–Crippen LogP) is 4.50. The molecular formula is C36H72NO19P3. The van der Waals surface area contributed by atoms with Gasteiger partial charge < -0.3 is 55.4 Å². The lowest BCUT2D eigenvalue weighted by Gasteiger charge is -2.44. The van der Waals surface area contributed by atoms with Gasteiger partial charge in [-0.25, -0.2) is 18.5 Å². The normalized spacial score (nSPS) is 21.4. The fourth-order valence-corrected chi connectivity index (χ4v) is 7.44. The van der Waals surface area contributed by atoms with Crippen LogP contribution in [0, 0.1) is 59.7 Å². The first-order valence-electron chi connectivity index (χ1n) is 18.3. The van der Waals surface area contributed by atoms with Gasteiger partial charge in [0.1, 0.15) is 43.2 Å². The van der Waals surface area contributed by atoms with Crippen LogP contribution in [0.4, 0.5) is 0 Å². The second kappa shape index (κ2) is 30.0. The number of aliphatic hydroxyl groups excluding tert-OH is 3. The van der Waals surface area contributed by atoms with Crippen molar-refractivity contribution in [1.82, 2.24) is 6.15 Å². The van der Waals surface area contributed by atoms with Gasteiger partial charge in [-0.1, -0.05) is 84.0 Å². The van der Waals surface area contributed by atoms with Crippen LogP contribution < -0.4 is 6.15 Å². The summed E-state index contributed by atoms with van der Waals surface area (Å²) in [6.45, 7) is 0.379. The van der Waals surface area contributed by atoms with Crippen LogP contribution in [0.3, 0.4) is 0 Å². The van der Waals surface area contributed by atoms with Crippen LogP contribution in [0.25, 0.3) is 0 Å². The number of rotatable bonds is 26. The number of ether oxygens (including phenoxy) is 2. The van der Waals surface area contributed by atoms with E-state index < -0.39 is 91.3 Å². The molecule has 0 amide bonds. The maximum absolute atomic E-state index is 12.9. The number of terminal acetylenes is 1. The van der Waals surface area contributed by atoms with Gasteiger partial charge in [0.2, 0.25) is 0 Å². The molecule has 0 bridgehead atoms. The molecule has 59 heavy (non-hydrogen) atoms. The van der Waals surface area contributed by atoms with Crippen molar-refractivity contribution in [2.75, 3.05) is 13.2 Å². The summed E-state index contributed by atoms with van der Waals surface area (Å²) in [5, 5.41) is 31.6. The topological polar surface area (TPSA) is 338 Å². The molecule has 11 N–H and O–H groups in total. The number of esters is 2. The molecule has 1 saturated carbocycles. The molecule has 0 spiro atoms. The Morgan fingerprint density at radius 3 is 1.56 bits per heavy atom. The smallest absolute Gasteiger partial charge is 0.456 e. The molecule has 1 fully saturated rings. The highest BCUT2D eigenvalue weighted by Crippen LogP contribution is 2.51. The summed E-state index contributed by atoms with van der Waals surface area (Å²) < 4.78 is 64.3. The minimum Gasteiger partial charge on any atom is -0.456 e. The van der Waals surface area contributed by atoms with Crippen molar-refractivity contribution in [3.8, 4) is 59.7 Å². The number of unbranched alkanes of at least 4 members (excludes halogenated alkanes) is 12. The van der Waals surface area contributed by atoms with Crippen molar-refractivity contribution in [2.24, 2.45) is 0 Å². The molecule has 0 radical (unpaired) electrons. The number of phosphoric ester groups is 3. The third-order valence-electron chi connectivity index (χ3n) is 8.01. The largest absolute Gasteiger partial charge is 0.472 e. The first-order chi connectivity index (χ1) is 27.3. The molecule has 1 rings (SSSR count). The molecule has 0 saturated heterocycles. The van der Waals surface area contributed by atoms with Gasteiger partial charge in [0.25, 0.3) is 0 Å². The lowest BCUT2D eigenvalue weighted by atomic mass is 9.85. The molecule has 1 aliphatic carbocycles. The average molecular weight is 916 g/mol. The van der Waals surface area contributed by atoms with Gasteiger partial charge in [0.15, 0.2) is 6.10 Å². The van der Waals surface area contributed by atoms with Crippen LogP contribution in [0.5, 0.6) is 0 Å². The Hall–Kier alpha value is -3.09. The number of hydrogen-bond donors (Lipinski definition) is 9. The minimum absolute atomic E-state index is 0. The highest BCUT2D eigenvalue weighted by molar-refractivity contribution is 7.47. The second-order valence-corrected chi connectivity index (χ2v) is 16.6. The molecule has 0 aromatic heterocycles. The van der Waals surface area contributed by atoms with Crippen molar-refractivity contribution in [1.29, 1.82) is 0 Å². The predicted molar refractivity (Wildman–Crippen MR) is 228 cm³/mol. The highest BCUT2D eigenvalue weighted by atomic mass is 31.2. The first kappa shape index (κ1) is 55.9. The van der Waals surface area contributed by atoms with Gasteiger partial charge in [-0.3, -0.25) is 22.9 Å². The number of hydrogen-bond acceptors (Lipinski definition) is 15. The van der Waals surface area contributed by atoms with E-state index in [4.69, 9.17) is 34.7 Å². The Bertz CT molecular complexity index is 1780. The average Bonchev–Trinajstić information content (AvgIpc) is 3.14. The summed E-state index contributed by atoms with van der Waals surface area (Å²) in [5.74, 6) is 17.9. The number of carbonyl (C=O) groups is 2. The fraction of sp³-hybridized carbons (Fsp3) is 0.667. The van der Waals surface area contributed by atoms with Crippen LogP contribution in [0.1, 0.15) is 110 Å². The Labute approximate surface area is 357 Å². The number of carbonyl (C=O) groups excluding carboxylic acids is 2. The number of aliphatic hydroxyl groups is 3. The van der Waals surface area contributed by atoms with Crippen LogP contribution in [-0.2, 0) is 50.9 Å². The van der Waals surface area contributed by atoms with Crippen molar-refractivity contribution in [3.05, 3.63) is 0 Å². The van der Waals surface area contributed by atoms with Crippen LogP contribution in [-0.4, -0.2) is 108 Å². The standard InChI is InChI=1S/C36H51O19P3.H3N.9H2/c1-3-5-7-9-11-13-14-15-16-17-19-21-23-25-30(38)52-28(26-50-29(37)24-22-20-18-12-10-8-6-4-2)27-51-58(48,49)55-34-31(39)32(40)35(53-56(42,43)44)36(33(34)41)54-57(45,46)47;;;;;;;;;;/h2,28,31-36,39-41H,3,5,7,9,11,13-17,19,21,23,25-27H2,1H3,(H,48,49)(H2,42,43,44)(H2,45,46,47);1H3;9*1H/t28-,31?,32?,33-,34?,35+,36?;;;;;;;;;;/m1........../s1. The molecule has 0 aromatic rings. The summed E-state index contributed by atoms with van der Waals surface area (Å²) in [4.78, 5) is 72.1. The van der Waals surface area contributed by atoms with Crippen LogP contribution in [0.15, 0.2) is 0 Å². The Kier molecular flexibility index (Phi) is 28.4. The third-order valence-corrected chi connectivity index (χ3v) is 10.0. The lowest BCUT2D eigenvalue weighted by molar-refractivity contribution is -0.213. The van der Waals surface area contributed by atoms with Crippen LogP contribution >= 0.6 is 23.5 Å². The quantitative estimate of drug-likeness (QED) is 0.0190. The van der Waals surface area contributed by atoms with Crippen LogP contribution in [0.2, 0.25) is 0 Å². The van der Waals surface area contributed by atoms with E-state index in [9.17, 15) is 53.3 Å². The summed E-state index contributed by atoms with van der Waals surface area (Å²) in [6.07, 6.45) is 2.00. The van der Waals surface area contributed by atoms with Gasteiger partial charge in [0, 0.05) is 25.2 Å². The molecule has 350 valence electrons. The van der Waals surface area contributed by atoms with E-state index in [1.54, 1.807) is 0 Å². The Balaban J connectivity index is -0.000000420. The molecule has 5 unspecified atom stereocenters. The molecule has 23 heteroatoms. The number of phosphoric acid groups is 3. The SMILES string of the molecule is C#CC#CC#CC#CC#CC(=O)OC[C@H](COP(=O)(O)OC1C(O)C(O)[C@H](OP(=O)(O)O)C(OP(=O)(O)O)[C@@H]1O)OC(=O)CCCCCCCCCCCCCCC.N.[HH].[HH].[HH].[HH].[HH].[HH].[HH].[HH].[HH]. The zero-order valence-corrected chi connectivity index (χ0v) is 35.2. The van der Waals surface area contributed by atoms with E-state index in [0.29, 0.717) is 12.8 Å². The molecule has 0 aromatic carbocycles. The monoisotopic (exact) mass is 915 g/mol. The molecular weight excluding hydrogens is 843 g/mol. The van der Waals surface area contributed by atoms with Crippen molar-refractivity contribution < 1.29 is 103 Å². The Morgan fingerprint density at radius 2 is 1.07 bits per heavy atom. The van der Waals surface area contributed by atoms with Gasteiger partial charge in [-0.2, -0.15) is 0 Å². The zero-order chi connectivity index (χ0) is 43.6. The summed E-state index contributed by atoms with van der Waals surface area (Å²) in [5.41, 5.74) is 0. The molecule has 0 heterocycles. The lowest BCUT2D eigenvalue weighted by Crippen LogP contribution is -2.65. The van der Waals surface area contributed by atoms with Gasteiger partial charge >= 0.3 is 35.4 Å². The van der Waals surface area contributed by atoms with Crippen molar-refractivity contribution in [3.63, 3.8) is 0 Å². The van der Waals surface area contributed by atoms with E-state index in [0.717, 1.165) is 25.7 Å². The molecule has 1 aliphatic rings. The van der Waals surface area contributed by atoms with E-state index >= 15 is 0 Å². The third kappa shape index (κ3) is 26.7. The van der Waals surface area contributed by atoms with Gasteiger partial charge in [-0.15, -0.1) is 6.42 Å². The van der Waals surface area contributed by atoms with E-state index in [2.05, 4.69) is 57.4 Å². The summed E-state index contributed by atoms with van der Waals surface area (Å²) >= 11 is 0. The molecule has 8 atom stereocenters. The maximum Gasteiger partial charge on any atom is 0.472 e. The zero-order valence-electron chi connectivity index (χ0n) is 32.5. The summed E-state index contributed by atoms with van der Waals surface area (Å²) in [6, 6.07) is 0. The molecule has 0 aliphatic heterocycles. The molecule has 20 nitrogen and oxygen atoms in total. The highest BCUT2D eigenvalue weighted by Gasteiger charge is 2.56. The minimum atomic E-state index is -5.62.